The second kappa shape index (κ2) is 5.82. The minimum Gasteiger partial charge on any atom is -0.496 e. The minimum atomic E-state index is 0.678. The molecule has 0 bridgehead atoms. The number of hydrogen-bond acceptors (Lipinski definition) is 2. The van der Waals surface area contributed by atoms with Crippen LogP contribution in [-0.4, -0.2) is 13.4 Å². The summed E-state index contributed by atoms with van der Waals surface area (Å²) >= 11 is 0. The maximum atomic E-state index is 10.7. The quantitative estimate of drug-likeness (QED) is 0.600. The van der Waals surface area contributed by atoms with Gasteiger partial charge in [0.25, 0.3) is 0 Å². The first-order chi connectivity index (χ1) is 8.83. The maximum Gasteiger partial charge on any atom is 0.150 e. The lowest BCUT2D eigenvalue weighted by molar-refractivity contribution is 0.112. The van der Waals surface area contributed by atoms with Crippen molar-refractivity contribution in [1.82, 2.24) is 0 Å². The smallest absolute Gasteiger partial charge is 0.150 e. The van der Waals surface area contributed by atoms with Crippen molar-refractivity contribution in [2.75, 3.05) is 7.11 Å². The Morgan fingerprint density at radius 2 is 1.72 bits per heavy atom. The Balaban J connectivity index is 2.26. The third-order valence-electron chi connectivity index (χ3n) is 2.64. The average molecular weight is 238 g/mol. The SMILES string of the molecule is COc1ccccc1/C=C/c1cccc(C=O)c1. The standard InChI is InChI=1S/C16H14O2/c1-18-16-8-3-2-7-15(16)10-9-13-5-4-6-14(11-13)12-17/h2-12H,1H3/b10-9+. The Morgan fingerprint density at radius 1 is 0.944 bits per heavy atom. The van der Waals surface area contributed by atoms with Gasteiger partial charge in [0.05, 0.1) is 7.11 Å². The molecule has 18 heavy (non-hydrogen) atoms. The molecule has 2 aromatic rings. The summed E-state index contributed by atoms with van der Waals surface area (Å²) in [6.45, 7) is 0. The number of hydrogen-bond donors (Lipinski definition) is 0. The number of benzene rings is 2. The fourth-order valence-corrected chi connectivity index (χ4v) is 1.73. The van der Waals surface area contributed by atoms with Crippen molar-refractivity contribution >= 4 is 18.4 Å². The van der Waals surface area contributed by atoms with Gasteiger partial charge in [-0.25, -0.2) is 0 Å². The highest BCUT2D eigenvalue weighted by atomic mass is 16.5. The Morgan fingerprint density at radius 3 is 2.50 bits per heavy atom. The molecule has 90 valence electrons. The van der Waals surface area contributed by atoms with Gasteiger partial charge in [-0.1, -0.05) is 48.6 Å². The van der Waals surface area contributed by atoms with Crippen LogP contribution >= 0.6 is 0 Å². The van der Waals surface area contributed by atoms with Crippen LogP contribution in [-0.2, 0) is 0 Å². The van der Waals surface area contributed by atoms with E-state index in [4.69, 9.17) is 4.74 Å². The molecule has 0 spiro atoms. The molecule has 0 aliphatic rings. The van der Waals surface area contributed by atoms with Crippen LogP contribution in [0.1, 0.15) is 21.5 Å². The zero-order valence-corrected chi connectivity index (χ0v) is 10.2. The van der Waals surface area contributed by atoms with Gasteiger partial charge in [0.2, 0.25) is 0 Å². The summed E-state index contributed by atoms with van der Waals surface area (Å²) in [5, 5.41) is 0. The van der Waals surface area contributed by atoms with Crippen LogP contribution in [0, 0.1) is 0 Å². The molecule has 0 saturated heterocycles. The van der Waals surface area contributed by atoms with Crippen molar-refractivity contribution in [2.45, 2.75) is 0 Å². The summed E-state index contributed by atoms with van der Waals surface area (Å²) in [5.41, 5.74) is 2.68. The van der Waals surface area contributed by atoms with Crippen molar-refractivity contribution in [3.05, 3.63) is 65.2 Å². The number of ether oxygens (including phenoxy) is 1. The first-order valence-corrected chi connectivity index (χ1v) is 5.70. The molecule has 0 atom stereocenters. The zero-order valence-electron chi connectivity index (χ0n) is 10.2. The molecule has 0 heterocycles. The van der Waals surface area contributed by atoms with Crippen LogP contribution in [0.2, 0.25) is 0 Å². The highest BCUT2D eigenvalue weighted by Crippen LogP contribution is 2.20. The average Bonchev–Trinajstić information content (AvgIpc) is 2.45. The molecule has 0 aliphatic heterocycles. The topological polar surface area (TPSA) is 26.3 Å². The summed E-state index contributed by atoms with van der Waals surface area (Å²) in [4.78, 5) is 10.7. The molecule has 0 aromatic heterocycles. The number of carbonyl (C=O) groups excluding carboxylic acids is 1. The van der Waals surface area contributed by atoms with Crippen LogP contribution in [0.5, 0.6) is 5.75 Å². The Kier molecular flexibility index (Phi) is 3.92. The van der Waals surface area contributed by atoms with Crippen LogP contribution in [0.25, 0.3) is 12.2 Å². The monoisotopic (exact) mass is 238 g/mol. The Labute approximate surface area is 107 Å². The lowest BCUT2D eigenvalue weighted by atomic mass is 10.1. The molecule has 0 saturated carbocycles. The van der Waals surface area contributed by atoms with Crippen LogP contribution in [0.15, 0.2) is 48.5 Å². The largest absolute Gasteiger partial charge is 0.496 e. The molecule has 0 aliphatic carbocycles. The number of aldehydes is 1. The van der Waals surface area contributed by atoms with E-state index in [1.807, 2.05) is 54.6 Å². The lowest BCUT2D eigenvalue weighted by Crippen LogP contribution is -1.85. The fourth-order valence-electron chi connectivity index (χ4n) is 1.73. The number of carbonyl (C=O) groups is 1. The van der Waals surface area contributed by atoms with Gasteiger partial charge < -0.3 is 4.74 Å². The summed E-state index contributed by atoms with van der Waals surface area (Å²) < 4.78 is 5.27. The summed E-state index contributed by atoms with van der Waals surface area (Å²) in [6.07, 6.45) is 4.79. The molecule has 0 unspecified atom stereocenters. The predicted octanol–water partition coefficient (Wildman–Crippen LogP) is 3.68. The summed E-state index contributed by atoms with van der Waals surface area (Å²) in [7, 11) is 1.65. The van der Waals surface area contributed by atoms with E-state index in [-0.39, 0.29) is 0 Å². The van der Waals surface area contributed by atoms with E-state index in [0.717, 1.165) is 23.2 Å². The van der Waals surface area contributed by atoms with Gasteiger partial charge in [0, 0.05) is 11.1 Å². The van der Waals surface area contributed by atoms with E-state index >= 15 is 0 Å². The van der Waals surface area contributed by atoms with Crippen molar-refractivity contribution in [1.29, 1.82) is 0 Å². The summed E-state index contributed by atoms with van der Waals surface area (Å²) in [6, 6.07) is 15.3. The zero-order chi connectivity index (χ0) is 12.8. The molecule has 0 fully saturated rings. The molecule has 2 aromatic carbocycles. The molecule has 0 amide bonds. The van der Waals surface area contributed by atoms with E-state index in [1.54, 1.807) is 13.2 Å². The second-order valence-electron chi connectivity index (χ2n) is 3.86. The highest BCUT2D eigenvalue weighted by molar-refractivity contribution is 5.78. The highest BCUT2D eigenvalue weighted by Gasteiger charge is 1.97. The van der Waals surface area contributed by atoms with Gasteiger partial charge in [-0.15, -0.1) is 0 Å². The summed E-state index contributed by atoms with van der Waals surface area (Å²) in [5.74, 6) is 0.834. The van der Waals surface area contributed by atoms with E-state index in [0.29, 0.717) is 5.56 Å². The molecule has 2 nitrogen and oxygen atoms in total. The number of rotatable bonds is 4. The third-order valence-corrected chi connectivity index (χ3v) is 2.64. The van der Waals surface area contributed by atoms with Crippen molar-refractivity contribution in [3.63, 3.8) is 0 Å². The van der Waals surface area contributed by atoms with Crippen molar-refractivity contribution in [3.8, 4) is 5.75 Å². The van der Waals surface area contributed by atoms with E-state index in [2.05, 4.69) is 0 Å². The van der Waals surface area contributed by atoms with Crippen LogP contribution < -0.4 is 4.74 Å². The van der Waals surface area contributed by atoms with Gasteiger partial charge in [0.1, 0.15) is 12.0 Å². The first kappa shape index (κ1) is 12.1. The fraction of sp³-hybridized carbons (Fsp3) is 0.0625. The van der Waals surface area contributed by atoms with E-state index in [9.17, 15) is 4.79 Å². The third kappa shape index (κ3) is 2.86. The van der Waals surface area contributed by atoms with E-state index in [1.165, 1.54) is 0 Å². The van der Waals surface area contributed by atoms with Crippen molar-refractivity contribution < 1.29 is 9.53 Å². The van der Waals surface area contributed by atoms with Gasteiger partial charge in [0.15, 0.2) is 0 Å². The van der Waals surface area contributed by atoms with Gasteiger partial charge >= 0.3 is 0 Å². The van der Waals surface area contributed by atoms with Crippen LogP contribution in [0.4, 0.5) is 0 Å². The van der Waals surface area contributed by atoms with Crippen LogP contribution in [0.3, 0.4) is 0 Å². The van der Waals surface area contributed by atoms with Gasteiger partial charge in [-0.2, -0.15) is 0 Å². The molecule has 0 radical (unpaired) electrons. The minimum absolute atomic E-state index is 0.678. The number of para-hydroxylation sites is 1. The molecular weight excluding hydrogens is 224 g/mol. The first-order valence-electron chi connectivity index (χ1n) is 5.70. The lowest BCUT2D eigenvalue weighted by Gasteiger charge is -2.03. The maximum absolute atomic E-state index is 10.7. The van der Waals surface area contributed by atoms with Gasteiger partial charge in [-0.3, -0.25) is 4.79 Å². The van der Waals surface area contributed by atoms with E-state index < -0.39 is 0 Å². The van der Waals surface area contributed by atoms with Crippen molar-refractivity contribution in [2.24, 2.45) is 0 Å². The second-order valence-corrected chi connectivity index (χ2v) is 3.86. The Hall–Kier alpha value is -2.35. The molecule has 2 heteroatoms. The Bertz CT molecular complexity index is 571. The molecule has 2 rings (SSSR count). The molecule has 0 N–H and O–H groups in total. The normalized spacial score (nSPS) is 10.5. The molecular formula is C16H14O2. The predicted molar refractivity (Wildman–Crippen MR) is 73.8 cm³/mol. The van der Waals surface area contributed by atoms with Gasteiger partial charge in [-0.05, 0) is 17.7 Å². The number of methoxy groups -OCH3 is 1.